The Balaban J connectivity index is 2.96. The molecule has 0 aromatic rings. The number of primary amides is 3. The topological polar surface area (TPSA) is 271 Å². The number of hydrogen-bond donors (Lipinski definition) is 7. The van der Waals surface area contributed by atoms with Crippen LogP contribution in [0.1, 0.15) is 38.5 Å². The van der Waals surface area contributed by atoms with Crippen molar-refractivity contribution in [3.63, 3.8) is 0 Å². The zero-order valence-corrected chi connectivity index (χ0v) is 17.8. The predicted molar refractivity (Wildman–Crippen MR) is 110 cm³/mol. The lowest BCUT2D eigenvalue weighted by molar-refractivity contribution is -0.144. The molecule has 1 aliphatic heterocycles. The van der Waals surface area contributed by atoms with Crippen molar-refractivity contribution in [2.24, 2.45) is 22.9 Å². The van der Waals surface area contributed by atoms with Crippen LogP contribution in [0.15, 0.2) is 0 Å². The summed E-state index contributed by atoms with van der Waals surface area (Å²) < 4.78 is 0. The highest BCUT2D eigenvalue weighted by Crippen LogP contribution is 2.19. The molecule has 15 nitrogen and oxygen atoms in total. The number of carboxylic acids is 1. The SMILES string of the molecule is NC(=O)CCC(NC(=O)C1CCCN1C(=O)C(N)CC(N)=O)C(=O)NC(CC(N)=O)C(=O)O. The molecule has 1 rings (SSSR count). The number of rotatable bonds is 13. The van der Waals surface area contributed by atoms with Crippen LogP contribution < -0.4 is 33.6 Å². The van der Waals surface area contributed by atoms with E-state index in [4.69, 9.17) is 28.0 Å². The molecule has 11 N–H and O–H groups in total. The number of nitrogens with one attached hydrogen (secondary N) is 2. The molecular formula is C18H29N7O8. The Morgan fingerprint density at radius 1 is 0.909 bits per heavy atom. The van der Waals surface area contributed by atoms with Crippen molar-refractivity contribution in [3.05, 3.63) is 0 Å². The Kier molecular flexibility index (Phi) is 10.2. The lowest BCUT2D eigenvalue weighted by Crippen LogP contribution is -2.57. The predicted octanol–water partition coefficient (Wildman–Crippen LogP) is -4.62. The highest BCUT2D eigenvalue weighted by Gasteiger charge is 2.38. The normalized spacial score (nSPS) is 18.0. The van der Waals surface area contributed by atoms with Crippen LogP contribution in [0.25, 0.3) is 0 Å². The van der Waals surface area contributed by atoms with Crippen LogP contribution in [0.4, 0.5) is 0 Å². The van der Waals surface area contributed by atoms with Crippen molar-refractivity contribution in [2.75, 3.05) is 6.54 Å². The summed E-state index contributed by atoms with van der Waals surface area (Å²) in [6.07, 6.45) is -1.00. The highest BCUT2D eigenvalue weighted by molar-refractivity contribution is 5.96. The lowest BCUT2D eigenvalue weighted by Gasteiger charge is -2.28. The van der Waals surface area contributed by atoms with E-state index in [-0.39, 0.29) is 25.8 Å². The molecule has 15 heteroatoms. The van der Waals surface area contributed by atoms with Crippen molar-refractivity contribution in [1.82, 2.24) is 15.5 Å². The molecule has 4 unspecified atom stereocenters. The summed E-state index contributed by atoms with van der Waals surface area (Å²) in [6, 6.07) is -5.30. The largest absolute Gasteiger partial charge is 0.480 e. The maximum absolute atomic E-state index is 12.8. The van der Waals surface area contributed by atoms with Crippen LogP contribution in [0.5, 0.6) is 0 Å². The molecule has 4 atom stereocenters. The van der Waals surface area contributed by atoms with Gasteiger partial charge in [-0.25, -0.2) is 4.79 Å². The summed E-state index contributed by atoms with van der Waals surface area (Å²) in [5.41, 5.74) is 20.8. The number of nitrogens with two attached hydrogens (primary N) is 4. The summed E-state index contributed by atoms with van der Waals surface area (Å²) >= 11 is 0. The Bertz CT molecular complexity index is 818. The standard InChI is InChI=1S/C18H29N7O8/c19-8(6-13(21)27)17(31)25-5-1-2-11(25)16(30)23-9(3-4-12(20)26)15(29)24-10(18(32)33)7-14(22)28/h8-11H,1-7,19H2,(H2,20,26)(H2,21,27)(H2,22,28)(H,23,30)(H,24,29)(H,32,33). The monoisotopic (exact) mass is 471 g/mol. The van der Waals surface area contributed by atoms with Crippen molar-refractivity contribution >= 4 is 41.4 Å². The first kappa shape index (κ1) is 27.3. The van der Waals surface area contributed by atoms with Crippen molar-refractivity contribution in [3.8, 4) is 0 Å². The van der Waals surface area contributed by atoms with Gasteiger partial charge in [0.15, 0.2) is 0 Å². The van der Waals surface area contributed by atoms with Gasteiger partial charge in [-0.15, -0.1) is 0 Å². The first-order chi connectivity index (χ1) is 15.3. The Labute approximate surface area is 188 Å². The van der Waals surface area contributed by atoms with Gasteiger partial charge in [0.25, 0.3) is 0 Å². The van der Waals surface area contributed by atoms with E-state index < -0.39 is 78.4 Å². The molecule has 0 aromatic carbocycles. The Hall–Kier alpha value is -3.75. The molecule has 0 aliphatic carbocycles. The zero-order chi connectivity index (χ0) is 25.3. The van der Waals surface area contributed by atoms with Gasteiger partial charge in [0.1, 0.15) is 18.1 Å². The highest BCUT2D eigenvalue weighted by atomic mass is 16.4. The van der Waals surface area contributed by atoms with Crippen LogP contribution in [0.2, 0.25) is 0 Å². The van der Waals surface area contributed by atoms with Gasteiger partial charge >= 0.3 is 5.97 Å². The van der Waals surface area contributed by atoms with Crippen LogP contribution in [-0.4, -0.2) is 82.1 Å². The maximum Gasteiger partial charge on any atom is 0.326 e. The fraction of sp³-hybridized carbons (Fsp3) is 0.611. The van der Waals surface area contributed by atoms with E-state index >= 15 is 0 Å². The fourth-order valence-electron chi connectivity index (χ4n) is 3.32. The third kappa shape index (κ3) is 8.72. The second-order valence-electron chi connectivity index (χ2n) is 7.60. The number of nitrogens with zero attached hydrogens (tertiary/aromatic N) is 1. The zero-order valence-electron chi connectivity index (χ0n) is 17.8. The lowest BCUT2D eigenvalue weighted by atomic mass is 10.1. The van der Waals surface area contributed by atoms with Gasteiger partial charge in [-0.1, -0.05) is 0 Å². The van der Waals surface area contributed by atoms with Crippen molar-refractivity contribution in [2.45, 2.75) is 62.7 Å². The third-order valence-electron chi connectivity index (χ3n) is 4.91. The van der Waals surface area contributed by atoms with Crippen LogP contribution in [-0.2, 0) is 33.6 Å². The number of amides is 6. The minimum absolute atomic E-state index is 0.182. The van der Waals surface area contributed by atoms with E-state index in [1.807, 2.05) is 0 Å². The number of aliphatic carboxylic acids is 1. The van der Waals surface area contributed by atoms with E-state index in [0.717, 1.165) is 0 Å². The number of hydrogen-bond acceptors (Lipinski definition) is 8. The summed E-state index contributed by atoms with van der Waals surface area (Å²) in [7, 11) is 0. The molecule has 184 valence electrons. The molecule has 0 spiro atoms. The van der Waals surface area contributed by atoms with E-state index in [1.54, 1.807) is 0 Å². The quantitative estimate of drug-likeness (QED) is 0.136. The third-order valence-corrected chi connectivity index (χ3v) is 4.91. The molecule has 1 saturated heterocycles. The smallest absolute Gasteiger partial charge is 0.326 e. The second kappa shape index (κ2) is 12.3. The summed E-state index contributed by atoms with van der Waals surface area (Å²) in [6.45, 7) is 0.182. The first-order valence-corrected chi connectivity index (χ1v) is 10.1. The molecule has 1 aliphatic rings. The summed E-state index contributed by atoms with van der Waals surface area (Å²) in [5, 5.41) is 13.6. The van der Waals surface area contributed by atoms with E-state index in [2.05, 4.69) is 10.6 Å². The molecule has 1 fully saturated rings. The average Bonchev–Trinajstić information content (AvgIpc) is 3.18. The number of carbonyl (C=O) groups excluding carboxylic acids is 6. The van der Waals surface area contributed by atoms with Gasteiger partial charge in [-0.05, 0) is 19.3 Å². The van der Waals surface area contributed by atoms with Crippen molar-refractivity contribution < 1.29 is 38.7 Å². The number of carbonyl (C=O) groups is 7. The summed E-state index contributed by atoms with van der Waals surface area (Å²) in [4.78, 5) is 83.7. The van der Waals surface area contributed by atoms with Gasteiger partial charge in [-0.2, -0.15) is 0 Å². The minimum Gasteiger partial charge on any atom is -0.480 e. The van der Waals surface area contributed by atoms with Gasteiger partial charge < -0.3 is 43.6 Å². The van der Waals surface area contributed by atoms with E-state index in [9.17, 15) is 33.6 Å². The molecule has 0 radical (unpaired) electrons. The van der Waals surface area contributed by atoms with Gasteiger partial charge in [0, 0.05) is 13.0 Å². The van der Waals surface area contributed by atoms with Gasteiger partial charge in [-0.3, -0.25) is 28.8 Å². The van der Waals surface area contributed by atoms with Crippen LogP contribution in [0, 0.1) is 0 Å². The summed E-state index contributed by atoms with van der Waals surface area (Å²) in [5.74, 6) is -6.48. The number of likely N-dealkylation sites (tertiary alicyclic amines) is 1. The van der Waals surface area contributed by atoms with E-state index in [1.165, 1.54) is 4.90 Å². The molecule has 1 heterocycles. The first-order valence-electron chi connectivity index (χ1n) is 10.1. The molecule has 0 saturated carbocycles. The minimum atomic E-state index is -1.65. The molecule has 0 bridgehead atoms. The van der Waals surface area contributed by atoms with Crippen LogP contribution in [0.3, 0.4) is 0 Å². The van der Waals surface area contributed by atoms with Gasteiger partial charge in [0.05, 0.1) is 18.9 Å². The Morgan fingerprint density at radius 2 is 1.52 bits per heavy atom. The molecule has 6 amide bonds. The second-order valence-corrected chi connectivity index (χ2v) is 7.60. The molecular weight excluding hydrogens is 442 g/mol. The maximum atomic E-state index is 12.8. The average molecular weight is 471 g/mol. The van der Waals surface area contributed by atoms with Crippen LogP contribution >= 0.6 is 0 Å². The Morgan fingerprint density at radius 3 is 2.03 bits per heavy atom. The molecule has 0 aromatic heterocycles. The van der Waals surface area contributed by atoms with Crippen molar-refractivity contribution in [1.29, 1.82) is 0 Å². The van der Waals surface area contributed by atoms with Gasteiger partial charge in [0.2, 0.25) is 35.4 Å². The molecule has 33 heavy (non-hydrogen) atoms. The number of carboxylic acid groups (broad SMARTS) is 1. The fourth-order valence-corrected chi connectivity index (χ4v) is 3.32. The van der Waals surface area contributed by atoms with E-state index in [0.29, 0.717) is 6.42 Å².